The maximum atomic E-state index is 12.7. The standard InChI is InChI=1S/C21H22N2O4/c1-13(2)18(12-24)23-11-17(21(26)27)19(25)16-9-15(10-22-20(16)23)8-14-6-4-3-5-7-14/h3-7,9-11,13,18,24H,8,12H2,1-2H3,(H,26,27)/t18-/m1/s1. The first-order chi connectivity index (χ1) is 12.9. The molecule has 0 radical (unpaired) electrons. The normalized spacial score (nSPS) is 12.4. The van der Waals surface area contributed by atoms with Gasteiger partial charge in [-0.05, 0) is 29.5 Å². The van der Waals surface area contributed by atoms with Crippen molar-refractivity contribution in [2.24, 2.45) is 5.92 Å². The number of aliphatic hydroxyl groups excluding tert-OH is 1. The summed E-state index contributed by atoms with van der Waals surface area (Å²) in [7, 11) is 0. The van der Waals surface area contributed by atoms with Crippen molar-refractivity contribution >= 4 is 17.0 Å². The molecular formula is C21H22N2O4. The average Bonchev–Trinajstić information content (AvgIpc) is 2.64. The molecular weight excluding hydrogens is 344 g/mol. The molecule has 6 heteroatoms. The fourth-order valence-electron chi connectivity index (χ4n) is 3.23. The van der Waals surface area contributed by atoms with Crippen LogP contribution in [0.4, 0.5) is 0 Å². The molecule has 0 aliphatic heterocycles. The Kier molecular flexibility index (Phi) is 5.37. The molecule has 0 aliphatic carbocycles. The summed E-state index contributed by atoms with van der Waals surface area (Å²) < 4.78 is 1.61. The van der Waals surface area contributed by atoms with Crippen LogP contribution in [0, 0.1) is 5.92 Å². The van der Waals surface area contributed by atoms with Crippen molar-refractivity contribution in [2.75, 3.05) is 6.61 Å². The van der Waals surface area contributed by atoms with Gasteiger partial charge in [-0.1, -0.05) is 44.2 Å². The molecule has 1 atom stereocenters. The SMILES string of the molecule is CC(C)[C@@H](CO)n1cc(C(=O)O)c(=O)c2cc(Cc3ccccc3)cnc21. The minimum atomic E-state index is -1.29. The molecule has 3 rings (SSSR count). The number of hydrogen-bond acceptors (Lipinski definition) is 4. The number of pyridine rings is 2. The van der Waals surface area contributed by atoms with Crippen molar-refractivity contribution in [2.45, 2.75) is 26.3 Å². The Bertz CT molecular complexity index is 1030. The van der Waals surface area contributed by atoms with Crippen molar-refractivity contribution in [3.63, 3.8) is 0 Å². The summed E-state index contributed by atoms with van der Waals surface area (Å²) in [5.41, 5.74) is 1.40. The fourth-order valence-corrected chi connectivity index (χ4v) is 3.23. The summed E-state index contributed by atoms with van der Waals surface area (Å²) in [5, 5.41) is 19.5. The zero-order valence-corrected chi connectivity index (χ0v) is 15.3. The molecule has 0 bridgehead atoms. The lowest BCUT2D eigenvalue weighted by Crippen LogP contribution is -2.26. The van der Waals surface area contributed by atoms with Gasteiger partial charge in [-0.25, -0.2) is 9.78 Å². The van der Waals surface area contributed by atoms with E-state index < -0.39 is 11.4 Å². The molecule has 2 aromatic heterocycles. The first kappa shape index (κ1) is 18.8. The number of hydrogen-bond donors (Lipinski definition) is 2. The van der Waals surface area contributed by atoms with Gasteiger partial charge in [0.1, 0.15) is 11.2 Å². The van der Waals surface area contributed by atoms with Gasteiger partial charge in [-0.2, -0.15) is 0 Å². The summed E-state index contributed by atoms with van der Waals surface area (Å²) >= 11 is 0. The predicted molar refractivity (Wildman–Crippen MR) is 103 cm³/mol. The highest BCUT2D eigenvalue weighted by Crippen LogP contribution is 2.23. The second kappa shape index (κ2) is 7.72. The highest BCUT2D eigenvalue weighted by atomic mass is 16.4. The van der Waals surface area contributed by atoms with E-state index in [1.54, 1.807) is 16.8 Å². The minimum Gasteiger partial charge on any atom is -0.477 e. The quantitative estimate of drug-likeness (QED) is 0.700. The van der Waals surface area contributed by atoms with Crippen LogP contribution in [0.2, 0.25) is 0 Å². The van der Waals surface area contributed by atoms with Gasteiger partial charge in [0.05, 0.1) is 18.0 Å². The number of carboxylic acids is 1. The molecule has 0 saturated carbocycles. The van der Waals surface area contributed by atoms with E-state index in [2.05, 4.69) is 4.98 Å². The number of rotatable bonds is 6. The largest absolute Gasteiger partial charge is 0.477 e. The van der Waals surface area contributed by atoms with Crippen molar-refractivity contribution < 1.29 is 15.0 Å². The molecule has 3 aromatic rings. The first-order valence-corrected chi connectivity index (χ1v) is 8.84. The van der Waals surface area contributed by atoms with Gasteiger partial charge in [0.15, 0.2) is 0 Å². The van der Waals surface area contributed by atoms with Gasteiger partial charge < -0.3 is 14.8 Å². The number of nitrogens with zero attached hydrogens (tertiary/aromatic N) is 2. The van der Waals surface area contributed by atoms with E-state index in [4.69, 9.17) is 0 Å². The van der Waals surface area contributed by atoms with Crippen LogP contribution in [0.5, 0.6) is 0 Å². The highest BCUT2D eigenvalue weighted by molar-refractivity contribution is 5.91. The van der Waals surface area contributed by atoms with E-state index in [9.17, 15) is 19.8 Å². The van der Waals surface area contributed by atoms with Crippen molar-refractivity contribution in [1.82, 2.24) is 9.55 Å². The zero-order chi connectivity index (χ0) is 19.6. The number of fused-ring (bicyclic) bond motifs is 1. The molecule has 140 valence electrons. The Labute approximate surface area is 156 Å². The molecule has 0 fully saturated rings. The van der Waals surface area contributed by atoms with Crippen LogP contribution in [-0.4, -0.2) is 32.3 Å². The highest BCUT2D eigenvalue weighted by Gasteiger charge is 2.22. The van der Waals surface area contributed by atoms with Crippen LogP contribution in [0.25, 0.3) is 11.0 Å². The topological polar surface area (TPSA) is 92.4 Å². The molecule has 0 saturated heterocycles. The van der Waals surface area contributed by atoms with Gasteiger partial charge >= 0.3 is 5.97 Å². The predicted octanol–water partition coefficient (Wildman–Crippen LogP) is 2.87. The van der Waals surface area contributed by atoms with Crippen LogP contribution in [0.3, 0.4) is 0 Å². The summed E-state index contributed by atoms with van der Waals surface area (Å²) in [6.45, 7) is 3.67. The fraction of sp³-hybridized carbons (Fsp3) is 0.286. The Morgan fingerprint density at radius 2 is 1.89 bits per heavy atom. The van der Waals surface area contributed by atoms with E-state index in [1.807, 2.05) is 44.2 Å². The lowest BCUT2D eigenvalue weighted by molar-refractivity contribution is 0.0694. The van der Waals surface area contributed by atoms with Crippen LogP contribution in [-0.2, 0) is 6.42 Å². The van der Waals surface area contributed by atoms with Crippen molar-refractivity contribution in [3.8, 4) is 0 Å². The van der Waals surface area contributed by atoms with E-state index in [0.717, 1.165) is 11.1 Å². The van der Waals surface area contributed by atoms with E-state index in [-0.39, 0.29) is 29.5 Å². The summed E-state index contributed by atoms with van der Waals surface area (Å²) in [6.07, 6.45) is 3.58. The summed E-state index contributed by atoms with van der Waals surface area (Å²) in [5.74, 6) is -1.25. The van der Waals surface area contributed by atoms with Gasteiger partial charge in [0, 0.05) is 12.4 Å². The third-order valence-electron chi connectivity index (χ3n) is 4.72. The number of aromatic nitrogens is 2. The minimum absolute atomic E-state index is 0.0353. The Hall–Kier alpha value is -2.99. The average molecular weight is 366 g/mol. The molecule has 0 unspecified atom stereocenters. The number of benzene rings is 1. The maximum absolute atomic E-state index is 12.7. The third kappa shape index (κ3) is 3.75. The lowest BCUT2D eigenvalue weighted by atomic mass is 10.0. The van der Waals surface area contributed by atoms with Crippen LogP contribution < -0.4 is 5.43 Å². The van der Waals surface area contributed by atoms with Gasteiger partial charge in [-0.15, -0.1) is 0 Å². The van der Waals surface area contributed by atoms with Crippen molar-refractivity contribution in [1.29, 1.82) is 0 Å². The van der Waals surface area contributed by atoms with Crippen LogP contribution >= 0.6 is 0 Å². The number of carboxylic acid groups (broad SMARTS) is 1. The number of aliphatic hydroxyl groups is 1. The molecule has 2 N–H and O–H groups in total. The van der Waals surface area contributed by atoms with Crippen LogP contribution in [0.15, 0.2) is 53.6 Å². The van der Waals surface area contributed by atoms with E-state index in [1.165, 1.54) is 6.20 Å². The van der Waals surface area contributed by atoms with Gasteiger partial charge in [0.2, 0.25) is 5.43 Å². The molecule has 0 amide bonds. The molecule has 27 heavy (non-hydrogen) atoms. The maximum Gasteiger partial charge on any atom is 0.341 e. The molecule has 0 spiro atoms. The first-order valence-electron chi connectivity index (χ1n) is 8.84. The monoisotopic (exact) mass is 366 g/mol. The Morgan fingerprint density at radius 3 is 2.48 bits per heavy atom. The molecule has 2 heterocycles. The molecule has 6 nitrogen and oxygen atoms in total. The number of aromatic carboxylic acids is 1. The van der Waals surface area contributed by atoms with E-state index in [0.29, 0.717) is 12.1 Å². The smallest absolute Gasteiger partial charge is 0.341 e. The summed E-state index contributed by atoms with van der Waals surface area (Å²) in [6, 6.07) is 11.1. The van der Waals surface area contributed by atoms with E-state index >= 15 is 0 Å². The van der Waals surface area contributed by atoms with Gasteiger partial charge in [-0.3, -0.25) is 4.79 Å². The number of carbonyl (C=O) groups is 1. The lowest BCUT2D eigenvalue weighted by Gasteiger charge is -2.24. The van der Waals surface area contributed by atoms with Crippen LogP contribution in [0.1, 0.15) is 41.4 Å². The summed E-state index contributed by atoms with van der Waals surface area (Å²) in [4.78, 5) is 28.7. The van der Waals surface area contributed by atoms with Crippen molar-refractivity contribution in [3.05, 3.63) is 75.7 Å². The Balaban J connectivity index is 2.21. The second-order valence-corrected chi connectivity index (χ2v) is 6.96. The molecule has 1 aromatic carbocycles. The zero-order valence-electron chi connectivity index (χ0n) is 15.3. The third-order valence-corrected chi connectivity index (χ3v) is 4.72. The van der Waals surface area contributed by atoms with Gasteiger partial charge in [0.25, 0.3) is 0 Å². The molecule has 0 aliphatic rings. The second-order valence-electron chi connectivity index (χ2n) is 6.96. The Morgan fingerprint density at radius 1 is 1.19 bits per heavy atom.